The Morgan fingerprint density at radius 2 is 0.907 bits per heavy atom. The van der Waals surface area contributed by atoms with Gasteiger partial charge in [-0.2, -0.15) is 5.26 Å². The number of furan rings is 2. The Labute approximate surface area is 308 Å². The van der Waals surface area contributed by atoms with Crippen molar-refractivity contribution >= 4 is 65.4 Å². The maximum atomic E-state index is 9.34. The van der Waals surface area contributed by atoms with Crippen LogP contribution in [0.4, 0.5) is 0 Å². The Hall–Kier alpha value is -7.62. The molecule has 0 atom stereocenters. The molecule has 0 amide bonds. The summed E-state index contributed by atoms with van der Waals surface area (Å²) in [6.07, 6.45) is 0. The summed E-state index contributed by atoms with van der Waals surface area (Å²) in [6, 6.07) is 55.3. The summed E-state index contributed by atoms with van der Waals surface area (Å²) >= 11 is 0. The molecule has 0 aliphatic heterocycles. The molecule has 6 nitrogen and oxygen atoms in total. The van der Waals surface area contributed by atoms with Gasteiger partial charge in [0.2, 0.25) is 0 Å². The molecule has 0 fully saturated rings. The van der Waals surface area contributed by atoms with Gasteiger partial charge in [-0.3, -0.25) is 0 Å². The third-order valence-electron chi connectivity index (χ3n) is 10.3. The Morgan fingerprint density at radius 3 is 1.65 bits per heavy atom. The number of nitrogens with zero attached hydrogens (tertiary/aromatic N) is 4. The van der Waals surface area contributed by atoms with Crippen LogP contribution in [0.2, 0.25) is 0 Å². The summed E-state index contributed by atoms with van der Waals surface area (Å²) in [5.41, 5.74) is 8.61. The summed E-state index contributed by atoms with van der Waals surface area (Å²) < 4.78 is 12.9. The van der Waals surface area contributed by atoms with Gasteiger partial charge in [0.25, 0.3) is 0 Å². The second kappa shape index (κ2) is 11.7. The van der Waals surface area contributed by atoms with Gasteiger partial charge < -0.3 is 8.83 Å². The van der Waals surface area contributed by atoms with Crippen LogP contribution in [0.5, 0.6) is 0 Å². The Morgan fingerprint density at radius 1 is 0.370 bits per heavy atom. The first kappa shape index (κ1) is 30.0. The van der Waals surface area contributed by atoms with Crippen LogP contribution in [0.15, 0.2) is 167 Å². The first-order valence-electron chi connectivity index (χ1n) is 17.7. The largest absolute Gasteiger partial charge is 0.456 e. The van der Waals surface area contributed by atoms with E-state index in [2.05, 4.69) is 66.7 Å². The maximum absolute atomic E-state index is 9.34. The molecule has 250 valence electrons. The molecule has 0 aliphatic rings. The van der Waals surface area contributed by atoms with Crippen molar-refractivity contribution in [3.8, 4) is 51.4 Å². The van der Waals surface area contributed by atoms with Crippen molar-refractivity contribution in [2.75, 3.05) is 0 Å². The van der Waals surface area contributed by atoms with Crippen molar-refractivity contribution < 1.29 is 8.83 Å². The molecule has 11 aromatic rings. The van der Waals surface area contributed by atoms with Crippen molar-refractivity contribution in [1.29, 1.82) is 5.26 Å². The van der Waals surface area contributed by atoms with Crippen LogP contribution in [-0.4, -0.2) is 15.0 Å². The molecule has 3 heterocycles. The minimum absolute atomic E-state index is 0.559. The van der Waals surface area contributed by atoms with Crippen LogP contribution in [0, 0.1) is 11.3 Å². The fourth-order valence-electron chi connectivity index (χ4n) is 7.73. The summed E-state index contributed by atoms with van der Waals surface area (Å²) in [5, 5.41) is 17.8. The number of aromatic nitrogens is 3. The zero-order valence-corrected chi connectivity index (χ0v) is 28.6. The molecule has 3 aromatic heterocycles. The highest BCUT2D eigenvalue weighted by molar-refractivity contribution is 6.30. The molecule has 0 N–H and O–H groups in total. The highest BCUT2D eigenvalue weighted by atomic mass is 16.3. The summed E-state index contributed by atoms with van der Waals surface area (Å²) in [6.45, 7) is 0. The van der Waals surface area contributed by atoms with E-state index in [9.17, 15) is 5.26 Å². The number of benzene rings is 8. The standard InChI is InChI=1S/C48H26N4O2/c49-27-28-14-16-29(17-15-28)31-18-21-34-35-22-19-32(25-40(35)45-44(39(34)24-31)38-11-5-7-13-42(38)54-45)47-50-46(30-8-2-1-3-9-30)51-48(52-47)33-20-23-37-36-10-4-6-12-41(36)53-43(37)26-33/h1-26H. The highest BCUT2D eigenvalue weighted by Crippen LogP contribution is 2.43. The summed E-state index contributed by atoms with van der Waals surface area (Å²) in [5.74, 6) is 1.71. The van der Waals surface area contributed by atoms with E-state index in [4.69, 9.17) is 23.8 Å². The van der Waals surface area contributed by atoms with Crippen LogP contribution in [0.1, 0.15) is 5.56 Å². The molecule has 11 rings (SSSR count). The third kappa shape index (κ3) is 4.69. The van der Waals surface area contributed by atoms with E-state index in [1.165, 1.54) is 0 Å². The SMILES string of the molecule is N#Cc1ccc(-c2ccc3c4ccc(-c5nc(-c6ccccc6)nc(-c6ccc7c(c6)oc6ccccc67)n5)cc4c4oc5ccccc5c4c3c2)cc1. The number of hydrogen-bond donors (Lipinski definition) is 0. The minimum Gasteiger partial charge on any atom is -0.456 e. The van der Waals surface area contributed by atoms with Crippen LogP contribution >= 0.6 is 0 Å². The van der Waals surface area contributed by atoms with Gasteiger partial charge in [-0.05, 0) is 75.8 Å². The molecule has 6 heteroatoms. The normalized spacial score (nSPS) is 11.7. The number of para-hydroxylation sites is 2. The van der Waals surface area contributed by atoms with Gasteiger partial charge in [-0.15, -0.1) is 0 Å². The fraction of sp³-hybridized carbons (Fsp3) is 0. The van der Waals surface area contributed by atoms with Crippen molar-refractivity contribution in [3.63, 3.8) is 0 Å². The van der Waals surface area contributed by atoms with E-state index < -0.39 is 0 Å². The second-order valence-corrected chi connectivity index (χ2v) is 13.5. The number of nitriles is 1. The van der Waals surface area contributed by atoms with E-state index >= 15 is 0 Å². The second-order valence-electron chi connectivity index (χ2n) is 13.5. The maximum Gasteiger partial charge on any atom is 0.164 e. The number of hydrogen-bond acceptors (Lipinski definition) is 6. The predicted molar refractivity (Wildman–Crippen MR) is 216 cm³/mol. The van der Waals surface area contributed by atoms with E-state index in [-0.39, 0.29) is 0 Å². The molecule has 54 heavy (non-hydrogen) atoms. The first-order chi connectivity index (χ1) is 26.7. The monoisotopic (exact) mass is 690 g/mol. The lowest BCUT2D eigenvalue weighted by molar-refractivity contribution is 0.669. The molecule has 0 unspecified atom stereocenters. The molecule has 0 bridgehead atoms. The quantitative estimate of drug-likeness (QED) is 0.171. The molecule has 8 aromatic carbocycles. The van der Waals surface area contributed by atoms with Gasteiger partial charge in [0, 0.05) is 43.6 Å². The average molecular weight is 691 g/mol. The molecule has 0 saturated heterocycles. The van der Waals surface area contributed by atoms with Crippen LogP contribution in [-0.2, 0) is 0 Å². The summed E-state index contributed by atoms with van der Waals surface area (Å²) in [7, 11) is 0. The lowest BCUT2D eigenvalue weighted by Crippen LogP contribution is -2.00. The first-order valence-corrected chi connectivity index (χ1v) is 17.7. The smallest absolute Gasteiger partial charge is 0.164 e. The van der Waals surface area contributed by atoms with E-state index in [0.29, 0.717) is 23.0 Å². The van der Waals surface area contributed by atoms with E-state index in [1.54, 1.807) is 0 Å². The van der Waals surface area contributed by atoms with Gasteiger partial charge >= 0.3 is 0 Å². The Balaban J connectivity index is 1.13. The van der Waals surface area contributed by atoms with E-state index in [0.717, 1.165) is 93.2 Å². The summed E-state index contributed by atoms with van der Waals surface area (Å²) in [4.78, 5) is 15.1. The van der Waals surface area contributed by atoms with Gasteiger partial charge in [-0.1, -0.05) is 109 Å². The highest BCUT2D eigenvalue weighted by Gasteiger charge is 2.19. The molecule has 0 radical (unpaired) electrons. The number of fused-ring (bicyclic) bond motifs is 11. The van der Waals surface area contributed by atoms with Gasteiger partial charge in [0.05, 0.1) is 11.6 Å². The van der Waals surface area contributed by atoms with Crippen molar-refractivity contribution in [2.24, 2.45) is 0 Å². The van der Waals surface area contributed by atoms with Crippen molar-refractivity contribution in [2.45, 2.75) is 0 Å². The molecule has 0 spiro atoms. The molecular weight excluding hydrogens is 665 g/mol. The third-order valence-corrected chi connectivity index (χ3v) is 10.3. The fourth-order valence-corrected chi connectivity index (χ4v) is 7.73. The van der Waals surface area contributed by atoms with Gasteiger partial charge in [0.15, 0.2) is 17.5 Å². The van der Waals surface area contributed by atoms with Crippen LogP contribution in [0.3, 0.4) is 0 Å². The lowest BCUT2D eigenvalue weighted by atomic mass is 9.93. The van der Waals surface area contributed by atoms with Gasteiger partial charge in [-0.25, -0.2) is 15.0 Å². The predicted octanol–water partition coefficient (Wildman–Crippen LogP) is 12.5. The Kier molecular flexibility index (Phi) is 6.51. The molecule has 0 aliphatic carbocycles. The van der Waals surface area contributed by atoms with Gasteiger partial charge in [0.1, 0.15) is 22.3 Å². The topological polar surface area (TPSA) is 88.7 Å². The number of rotatable bonds is 4. The Bertz CT molecular complexity index is 3340. The zero-order valence-electron chi connectivity index (χ0n) is 28.6. The van der Waals surface area contributed by atoms with Crippen molar-refractivity contribution in [3.05, 3.63) is 163 Å². The van der Waals surface area contributed by atoms with Crippen molar-refractivity contribution in [1.82, 2.24) is 15.0 Å². The molecule has 0 saturated carbocycles. The van der Waals surface area contributed by atoms with Crippen LogP contribution < -0.4 is 0 Å². The average Bonchev–Trinajstić information content (AvgIpc) is 3.82. The zero-order chi connectivity index (χ0) is 35.8. The molecular formula is C48H26N4O2. The lowest BCUT2D eigenvalue weighted by Gasteiger charge is -2.12. The van der Waals surface area contributed by atoms with E-state index in [1.807, 2.05) is 97.1 Å². The van der Waals surface area contributed by atoms with Crippen LogP contribution in [0.25, 0.3) is 111 Å². The minimum atomic E-state index is 0.559.